The molecular weight excluding hydrogens is 243 g/mol. The smallest absolute Gasteiger partial charge is 0.127 e. The summed E-state index contributed by atoms with van der Waals surface area (Å²) in [6, 6.07) is 6.54. The molecule has 1 fully saturated rings. The molecule has 0 amide bonds. The maximum absolute atomic E-state index is 13.7. The molecule has 2 rings (SSSR count). The van der Waals surface area contributed by atoms with Crippen molar-refractivity contribution in [3.8, 4) is 6.07 Å². The fraction of sp³-hybridized carbons (Fsp3) is 0.533. The molecule has 19 heavy (non-hydrogen) atoms. The first-order chi connectivity index (χ1) is 9.22. The van der Waals surface area contributed by atoms with E-state index in [1.165, 1.54) is 12.1 Å². The Morgan fingerprint density at radius 3 is 3.05 bits per heavy atom. The zero-order valence-electron chi connectivity index (χ0n) is 11.0. The molecule has 0 spiro atoms. The number of aliphatic hydroxyl groups excluding tert-OH is 1. The van der Waals surface area contributed by atoms with Gasteiger partial charge in [-0.05, 0) is 49.9 Å². The second-order valence-electron chi connectivity index (χ2n) is 5.17. The molecule has 102 valence electrons. The molecule has 0 aliphatic carbocycles. The summed E-state index contributed by atoms with van der Waals surface area (Å²) in [5.74, 6) is 0.254. The quantitative estimate of drug-likeness (QED) is 0.905. The topological polar surface area (TPSA) is 47.3 Å². The summed E-state index contributed by atoms with van der Waals surface area (Å²) in [5.41, 5.74) is 1.09. The highest BCUT2D eigenvalue weighted by Gasteiger charge is 2.20. The lowest BCUT2D eigenvalue weighted by Gasteiger charge is -2.32. The van der Waals surface area contributed by atoms with Crippen LogP contribution >= 0.6 is 0 Å². The highest BCUT2D eigenvalue weighted by atomic mass is 19.1. The van der Waals surface area contributed by atoms with Crippen molar-refractivity contribution < 1.29 is 9.50 Å². The predicted octanol–water partition coefficient (Wildman–Crippen LogP) is 2.29. The van der Waals surface area contributed by atoms with E-state index in [1.54, 1.807) is 6.07 Å². The van der Waals surface area contributed by atoms with E-state index in [4.69, 9.17) is 10.4 Å². The van der Waals surface area contributed by atoms with Crippen LogP contribution in [0, 0.1) is 23.1 Å². The molecular formula is C15H19FN2O. The van der Waals surface area contributed by atoms with Crippen molar-refractivity contribution in [1.29, 1.82) is 5.26 Å². The van der Waals surface area contributed by atoms with Crippen LogP contribution in [0.3, 0.4) is 0 Å². The number of piperidine rings is 1. The summed E-state index contributed by atoms with van der Waals surface area (Å²) in [4.78, 5) is 2.21. The van der Waals surface area contributed by atoms with Gasteiger partial charge in [0.1, 0.15) is 5.82 Å². The molecule has 1 N–H and O–H groups in total. The second-order valence-corrected chi connectivity index (χ2v) is 5.17. The fourth-order valence-electron chi connectivity index (χ4n) is 2.72. The first-order valence-electron chi connectivity index (χ1n) is 6.74. The van der Waals surface area contributed by atoms with E-state index in [-0.39, 0.29) is 12.4 Å². The summed E-state index contributed by atoms with van der Waals surface area (Å²) in [5, 5.41) is 17.8. The standard InChI is InChI=1S/C15H19FN2O/c16-15-4-3-13(9-17)8-14(15)11-18-6-1-2-12(10-18)5-7-19/h3-4,8,12,19H,1-2,5-7,10-11H2. The van der Waals surface area contributed by atoms with Crippen LogP contribution in [-0.4, -0.2) is 29.7 Å². The average molecular weight is 262 g/mol. The van der Waals surface area contributed by atoms with Crippen molar-refractivity contribution in [2.75, 3.05) is 19.7 Å². The van der Waals surface area contributed by atoms with Gasteiger partial charge in [0, 0.05) is 25.3 Å². The third-order valence-electron chi connectivity index (χ3n) is 3.71. The summed E-state index contributed by atoms with van der Waals surface area (Å²) in [6.07, 6.45) is 3.04. The van der Waals surface area contributed by atoms with Gasteiger partial charge in [-0.1, -0.05) is 0 Å². The average Bonchev–Trinajstić information content (AvgIpc) is 2.42. The highest BCUT2D eigenvalue weighted by molar-refractivity contribution is 5.33. The summed E-state index contributed by atoms with van der Waals surface area (Å²) in [7, 11) is 0. The first kappa shape index (κ1) is 14.0. The van der Waals surface area contributed by atoms with Crippen molar-refractivity contribution in [1.82, 2.24) is 4.90 Å². The Balaban J connectivity index is 2.02. The minimum atomic E-state index is -0.247. The maximum Gasteiger partial charge on any atom is 0.127 e. The Bertz CT molecular complexity index is 468. The van der Waals surface area contributed by atoms with Gasteiger partial charge in [0.25, 0.3) is 0 Å². The minimum absolute atomic E-state index is 0.219. The van der Waals surface area contributed by atoms with E-state index in [2.05, 4.69) is 4.90 Å². The molecule has 1 saturated heterocycles. The molecule has 1 atom stereocenters. The van der Waals surface area contributed by atoms with Crippen LogP contribution in [0.25, 0.3) is 0 Å². The molecule has 1 heterocycles. The van der Waals surface area contributed by atoms with Gasteiger partial charge >= 0.3 is 0 Å². The second kappa shape index (κ2) is 6.65. The zero-order valence-corrected chi connectivity index (χ0v) is 11.0. The van der Waals surface area contributed by atoms with Crippen molar-refractivity contribution in [3.05, 3.63) is 35.1 Å². The molecule has 4 heteroatoms. The molecule has 0 bridgehead atoms. The number of likely N-dealkylation sites (tertiary alicyclic amines) is 1. The van der Waals surface area contributed by atoms with Gasteiger partial charge in [0.15, 0.2) is 0 Å². The Morgan fingerprint density at radius 2 is 2.32 bits per heavy atom. The van der Waals surface area contributed by atoms with Gasteiger partial charge in [0.2, 0.25) is 0 Å². The molecule has 1 unspecified atom stereocenters. The third kappa shape index (κ3) is 3.76. The van der Waals surface area contributed by atoms with E-state index < -0.39 is 0 Å². The maximum atomic E-state index is 13.7. The van der Waals surface area contributed by atoms with Gasteiger partial charge in [0.05, 0.1) is 11.6 Å². The van der Waals surface area contributed by atoms with E-state index >= 15 is 0 Å². The Hall–Kier alpha value is -1.44. The van der Waals surface area contributed by atoms with E-state index in [0.717, 1.165) is 32.4 Å². The molecule has 1 aromatic carbocycles. The fourth-order valence-corrected chi connectivity index (χ4v) is 2.72. The monoisotopic (exact) mass is 262 g/mol. The van der Waals surface area contributed by atoms with Crippen LogP contribution in [-0.2, 0) is 6.54 Å². The van der Waals surface area contributed by atoms with Gasteiger partial charge in [-0.3, -0.25) is 4.90 Å². The number of halogens is 1. The largest absolute Gasteiger partial charge is 0.396 e. The van der Waals surface area contributed by atoms with E-state index in [9.17, 15) is 4.39 Å². The van der Waals surface area contributed by atoms with Crippen molar-refractivity contribution in [2.24, 2.45) is 5.92 Å². The van der Waals surface area contributed by atoms with Gasteiger partial charge in [-0.15, -0.1) is 0 Å². The number of hydrogen-bond donors (Lipinski definition) is 1. The van der Waals surface area contributed by atoms with E-state index in [1.807, 2.05) is 6.07 Å². The van der Waals surface area contributed by atoms with Gasteiger partial charge in [-0.25, -0.2) is 4.39 Å². The van der Waals surface area contributed by atoms with Gasteiger partial charge < -0.3 is 5.11 Å². The number of hydrogen-bond acceptors (Lipinski definition) is 3. The lowest BCUT2D eigenvalue weighted by Crippen LogP contribution is -2.35. The molecule has 1 aromatic rings. The number of aliphatic hydroxyl groups is 1. The number of nitriles is 1. The Kier molecular flexibility index (Phi) is 4.89. The normalized spacial score (nSPS) is 20.2. The van der Waals surface area contributed by atoms with Crippen molar-refractivity contribution >= 4 is 0 Å². The van der Waals surface area contributed by atoms with Crippen molar-refractivity contribution in [2.45, 2.75) is 25.8 Å². The van der Waals surface area contributed by atoms with Crippen LogP contribution in [0.2, 0.25) is 0 Å². The minimum Gasteiger partial charge on any atom is -0.396 e. The first-order valence-corrected chi connectivity index (χ1v) is 6.74. The Morgan fingerprint density at radius 1 is 1.47 bits per heavy atom. The summed E-state index contributed by atoms with van der Waals surface area (Å²) >= 11 is 0. The third-order valence-corrected chi connectivity index (χ3v) is 3.71. The molecule has 0 aromatic heterocycles. The van der Waals surface area contributed by atoms with Crippen LogP contribution < -0.4 is 0 Å². The molecule has 1 aliphatic rings. The van der Waals surface area contributed by atoms with E-state index in [0.29, 0.717) is 23.6 Å². The predicted molar refractivity (Wildman–Crippen MR) is 70.8 cm³/mol. The highest BCUT2D eigenvalue weighted by Crippen LogP contribution is 2.22. The number of nitrogens with zero attached hydrogens (tertiary/aromatic N) is 2. The number of benzene rings is 1. The molecule has 0 saturated carbocycles. The SMILES string of the molecule is N#Cc1ccc(F)c(CN2CCCC(CCO)C2)c1. The Labute approximate surface area is 113 Å². The van der Waals surface area contributed by atoms with Crippen LogP contribution in [0.4, 0.5) is 4.39 Å². The number of rotatable bonds is 4. The van der Waals surface area contributed by atoms with Crippen molar-refractivity contribution in [3.63, 3.8) is 0 Å². The van der Waals surface area contributed by atoms with Gasteiger partial charge in [-0.2, -0.15) is 5.26 Å². The lowest BCUT2D eigenvalue weighted by atomic mass is 9.95. The molecule has 0 radical (unpaired) electrons. The zero-order chi connectivity index (χ0) is 13.7. The van der Waals surface area contributed by atoms with Crippen LogP contribution in [0.1, 0.15) is 30.4 Å². The molecule has 1 aliphatic heterocycles. The lowest BCUT2D eigenvalue weighted by molar-refractivity contribution is 0.141. The molecule has 3 nitrogen and oxygen atoms in total. The summed E-state index contributed by atoms with van der Waals surface area (Å²) < 4.78 is 13.7. The summed E-state index contributed by atoms with van der Waals surface area (Å²) in [6.45, 7) is 2.62. The van der Waals surface area contributed by atoms with Crippen LogP contribution in [0.15, 0.2) is 18.2 Å². The van der Waals surface area contributed by atoms with Crippen LogP contribution in [0.5, 0.6) is 0 Å².